The first-order valence-electron chi connectivity index (χ1n) is 6.75. The van der Waals surface area contributed by atoms with Crippen LogP contribution in [-0.4, -0.2) is 51.3 Å². The Bertz CT molecular complexity index is 259. The molecule has 0 radical (unpaired) electrons. The van der Waals surface area contributed by atoms with Gasteiger partial charge < -0.3 is 20.1 Å². The third kappa shape index (κ3) is 10.5. The maximum absolute atomic E-state index is 11.4. The third-order valence-electron chi connectivity index (χ3n) is 2.50. The van der Waals surface area contributed by atoms with Gasteiger partial charge in [-0.05, 0) is 19.4 Å². The standard InChI is InChI=1S/C13H26N2O4/c1-4-5-8-19-9-6-7-14-10-12(13(17)18-3)15-11(2)16/h12,14H,4-10H2,1-3H3,(H,15,16). The van der Waals surface area contributed by atoms with Crippen molar-refractivity contribution < 1.29 is 19.1 Å². The number of rotatable bonds is 11. The zero-order valence-electron chi connectivity index (χ0n) is 12.2. The predicted octanol–water partition coefficient (Wildman–Crippen LogP) is 0.461. The summed E-state index contributed by atoms with van der Waals surface area (Å²) in [5.74, 6) is -0.693. The van der Waals surface area contributed by atoms with E-state index >= 15 is 0 Å². The van der Waals surface area contributed by atoms with Crippen molar-refractivity contribution in [1.82, 2.24) is 10.6 Å². The molecule has 6 nitrogen and oxygen atoms in total. The molecule has 19 heavy (non-hydrogen) atoms. The lowest BCUT2D eigenvalue weighted by atomic mass is 10.3. The van der Waals surface area contributed by atoms with Crippen LogP contribution in [0.5, 0.6) is 0 Å². The quantitative estimate of drug-likeness (QED) is 0.423. The molecule has 0 rings (SSSR count). The first-order chi connectivity index (χ1) is 9.11. The fourth-order valence-electron chi connectivity index (χ4n) is 1.48. The van der Waals surface area contributed by atoms with E-state index in [9.17, 15) is 9.59 Å². The maximum atomic E-state index is 11.4. The smallest absolute Gasteiger partial charge is 0.329 e. The molecule has 6 heteroatoms. The Morgan fingerprint density at radius 3 is 2.47 bits per heavy atom. The number of methoxy groups -OCH3 is 1. The van der Waals surface area contributed by atoms with Gasteiger partial charge in [0.2, 0.25) is 5.91 Å². The fraction of sp³-hybridized carbons (Fsp3) is 0.846. The second-order valence-electron chi connectivity index (χ2n) is 4.30. The largest absolute Gasteiger partial charge is 0.467 e. The van der Waals surface area contributed by atoms with Crippen LogP contribution in [0.25, 0.3) is 0 Å². The van der Waals surface area contributed by atoms with Gasteiger partial charge in [0.15, 0.2) is 0 Å². The van der Waals surface area contributed by atoms with Crippen molar-refractivity contribution in [2.45, 2.75) is 39.2 Å². The van der Waals surface area contributed by atoms with E-state index in [-0.39, 0.29) is 5.91 Å². The number of carbonyl (C=O) groups excluding carboxylic acids is 2. The Hall–Kier alpha value is -1.14. The zero-order chi connectivity index (χ0) is 14.5. The van der Waals surface area contributed by atoms with Crippen molar-refractivity contribution in [3.8, 4) is 0 Å². The Balaban J connectivity index is 3.63. The Morgan fingerprint density at radius 1 is 1.21 bits per heavy atom. The topological polar surface area (TPSA) is 76.7 Å². The molecule has 0 aromatic rings. The van der Waals surface area contributed by atoms with Gasteiger partial charge in [-0.1, -0.05) is 13.3 Å². The number of hydrogen-bond acceptors (Lipinski definition) is 5. The minimum Gasteiger partial charge on any atom is -0.467 e. The minimum absolute atomic E-state index is 0.250. The van der Waals surface area contributed by atoms with E-state index in [2.05, 4.69) is 22.3 Å². The van der Waals surface area contributed by atoms with Crippen LogP contribution in [0.3, 0.4) is 0 Å². The van der Waals surface area contributed by atoms with Crippen molar-refractivity contribution in [1.29, 1.82) is 0 Å². The lowest BCUT2D eigenvalue weighted by Gasteiger charge is -2.16. The minimum atomic E-state index is -0.636. The summed E-state index contributed by atoms with van der Waals surface area (Å²) >= 11 is 0. The van der Waals surface area contributed by atoms with Crippen LogP contribution in [0, 0.1) is 0 Å². The molecular formula is C13H26N2O4. The van der Waals surface area contributed by atoms with Gasteiger partial charge in [-0.2, -0.15) is 0 Å². The summed E-state index contributed by atoms with van der Waals surface area (Å²) in [6.45, 7) is 6.10. The van der Waals surface area contributed by atoms with E-state index in [1.165, 1.54) is 14.0 Å². The third-order valence-corrected chi connectivity index (χ3v) is 2.50. The van der Waals surface area contributed by atoms with Crippen LogP contribution < -0.4 is 10.6 Å². The summed E-state index contributed by atoms with van der Waals surface area (Å²) in [7, 11) is 1.30. The van der Waals surface area contributed by atoms with Gasteiger partial charge in [0.05, 0.1) is 7.11 Å². The molecule has 0 fully saturated rings. The van der Waals surface area contributed by atoms with E-state index in [4.69, 9.17) is 4.74 Å². The summed E-state index contributed by atoms with van der Waals surface area (Å²) in [5, 5.41) is 5.64. The molecule has 1 atom stereocenters. The molecule has 0 spiro atoms. The Kier molecular flexibility index (Phi) is 11.2. The summed E-state index contributed by atoms with van der Waals surface area (Å²) < 4.78 is 10.0. The van der Waals surface area contributed by atoms with Gasteiger partial charge in [-0.15, -0.1) is 0 Å². The van der Waals surface area contributed by atoms with Crippen molar-refractivity contribution in [2.24, 2.45) is 0 Å². The van der Waals surface area contributed by atoms with E-state index < -0.39 is 12.0 Å². The summed E-state index contributed by atoms with van der Waals surface area (Å²) in [4.78, 5) is 22.3. The van der Waals surface area contributed by atoms with Gasteiger partial charge in [-0.25, -0.2) is 4.79 Å². The van der Waals surface area contributed by atoms with Gasteiger partial charge >= 0.3 is 5.97 Å². The highest BCUT2D eigenvalue weighted by Crippen LogP contribution is 1.90. The molecule has 0 saturated carbocycles. The molecule has 0 aliphatic carbocycles. The van der Waals surface area contributed by atoms with Crippen molar-refractivity contribution in [3.63, 3.8) is 0 Å². The molecule has 0 aliphatic heterocycles. The van der Waals surface area contributed by atoms with Crippen LogP contribution in [0.1, 0.15) is 33.1 Å². The monoisotopic (exact) mass is 274 g/mol. The van der Waals surface area contributed by atoms with Crippen LogP contribution in [-0.2, 0) is 19.1 Å². The van der Waals surface area contributed by atoms with E-state index in [1.54, 1.807) is 0 Å². The highest BCUT2D eigenvalue weighted by molar-refractivity contribution is 5.83. The summed E-state index contributed by atoms with van der Waals surface area (Å²) in [6, 6.07) is -0.636. The molecule has 0 saturated heterocycles. The van der Waals surface area contributed by atoms with Gasteiger partial charge in [0, 0.05) is 26.7 Å². The average molecular weight is 274 g/mol. The highest BCUT2D eigenvalue weighted by Gasteiger charge is 2.19. The van der Waals surface area contributed by atoms with E-state index in [0.29, 0.717) is 13.2 Å². The van der Waals surface area contributed by atoms with Gasteiger partial charge in [0.25, 0.3) is 0 Å². The molecule has 1 unspecified atom stereocenters. The number of carbonyl (C=O) groups is 2. The predicted molar refractivity (Wildman–Crippen MR) is 72.8 cm³/mol. The highest BCUT2D eigenvalue weighted by atomic mass is 16.5. The first-order valence-corrected chi connectivity index (χ1v) is 6.75. The number of esters is 1. The maximum Gasteiger partial charge on any atom is 0.329 e. The van der Waals surface area contributed by atoms with Gasteiger partial charge in [0.1, 0.15) is 6.04 Å². The fourth-order valence-corrected chi connectivity index (χ4v) is 1.48. The number of amides is 1. The average Bonchev–Trinajstić information content (AvgIpc) is 2.39. The van der Waals surface area contributed by atoms with Crippen molar-refractivity contribution >= 4 is 11.9 Å². The molecule has 1 amide bonds. The van der Waals surface area contributed by atoms with Crippen molar-refractivity contribution in [2.75, 3.05) is 33.4 Å². The molecule has 0 bridgehead atoms. The molecular weight excluding hydrogens is 248 g/mol. The lowest BCUT2D eigenvalue weighted by molar-refractivity contribution is -0.144. The molecule has 112 valence electrons. The Labute approximate surface area is 115 Å². The molecule has 2 N–H and O–H groups in total. The Morgan fingerprint density at radius 2 is 1.89 bits per heavy atom. The van der Waals surface area contributed by atoms with Crippen LogP contribution in [0.2, 0.25) is 0 Å². The molecule has 0 heterocycles. The number of ether oxygens (including phenoxy) is 2. The van der Waals surface area contributed by atoms with Crippen LogP contribution in [0.4, 0.5) is 0 Å². The van der Waals surface area contributed by atoms with Gasteiger partial charge in [-0.3, -0.25) is 4.79 Å². The lowest BCUT2D eigenvalue weighted by Crippen LogP contribution is -2.47. The molecule has 0 aliphatic rings. The van der Waals surface area contributed by atoms with Crippen molar-refractivity contribution in [3.05, 3.63) is 0 Å². The van der Waals surface area contributed by atoms with E-state index in [1.807, 2.05) is 0 Å². The second-order valence-corrected chi connectivity index (χ2v) is 4.30. The normalized spacial score (nSPS) is 11.9. The number of nitrogens with one attached hydrogen (secondary N) is 2. The summed E-state index contributed by atoms with van der Waals surface area (Å²) in [5.41, 5.74) is 0. The zero-order valence-corrected chi connectivity index (χ0v) is 12.2. The SMILES string of the molecule is CCCCOCCCNCC(NC(C)=O)C(=O)OC. The first kappa shape index (κ1) is 17.9. The van der Waals surface area contributed by atoms with Crippen LogP contribution in [0.15, 0.2) is 0 Å². The number of unbranched alkanes of at least 4 members (excludes halogenated alkanes) is 1. The molecule has 0 aromatic carbocycles. The molecule has 0 aromatic heterocycles. The summed E-state index contributed by atoms with van der Waals surface area (Å²) in [6.07, 6.45) is 3.09. The van der Waals surface area contributed by atoms with E-state index in [0.717, 1.165) is 32.4 Å². The van der Waals surface area contributed by atoms with Crippen LogP contribution >= 0.6 is 0 Å². The number of hydrogen-bond donors (Lipinski definition) is 2. The second kappa shape index (κ2) is 11.9.